The Morgan fingerprint density at radius 1 is 1.11 bits per heavy atom. The van der Waals surface area contributed by atoms with Crippen molar-refractivity contribution < 1.29 is 4.79 Å². The number of anilines is 3. The van der Waals surface area contributed by atoms with Gasteiger partial charge in [0.2, 0.25) is 11.9 Å². The average molecular weight is 493 g/mol. The molecule has 4 rings (SSSR count). The number of carbonyl (C=O) groups is 1. The summed E-state index contributed by atoms with van der Waals surface area (Å²) < 4.78 is 2.06. The van der Waals surface area contributed by atoms with Gasteiger partial charge in [-0.05, 0) is 37.7 Å². The number of aromatic nitrogens is 3. The molecule has 0 saturated carbocycles. The van der Waals surface area contributed by atoms with E-state index in [2.05, 4.69) is 37.6 Å². The van der Waals surface area contributed by atoms with Gasteiger partial charge in [-0.3, -0.25) is 4.79 Å². The average Bonchev–Trinajstić information content (AvgIpc) is 3.21. The molecule has 8 heteroatoms. The highest BCUT2D eigenvalue weighted by atomic mass is 35.5. The first kappa shape index (κ1) is 26.2. The first-order chi connectivity index (χ1) is 17.0. The lowest BCUT2D eigenvalue weighted by atomic mass is 10.1. The Kier molecular flexibility index (Phi) is 9.23. The van der Waals surface area contributed by atoms with E-state index >= 15 is 0 Å². The van der Waals surface area contributed by atoms with Crippen LogP contribution in [-0.4, -0.2) is 34.0 Å². The lowest BCUT2D eigenvalue weighted by Crippen LogP contribution is -2.30. The molecule has 1 atom stereocenters. The number of rotatable bonds is 8. The van der Waals surface area contributed by atoms with Crippen LogP contribution in [0.15, 0.2) is 60.9 Å². The molecule has 3 N–H and O–H groups in total. The minimum atomic E-state index is -0.0885. The van der Waals surface area contributed by atoms with Crippen molar-refractivity contribution in [2.75, 3.05) is 24.2 Å². The highest BCUT2D eigenvalue weighted by molar-refractivity contribution is 6.33. The predicted octanol–water partition coefficient (Wildman–Crippen LogP) is 6.24. The van der Waals surface area contributed by atoms with Crippen LogP contribution in [0.1, 0.15) is 27.2 Å². The van der Waals surface area contributed by atoms with E-state index < -0.39 is 0 Å². The Bertz CT molecular complexity index is 1290. The Hall–Kier alpha value is -3.42. The quantitative estimate of drug-likeness (QED) is 0.271. The number of amides is 1. The monoisotopic (exact) mass is 492 g/mol. The molecule has 0 aliphatic heterocycles. The number of hydrogen-bond acceptors (Lipinski definition) is 5. The highest BCUT2D eigenvalue weighted by Gasteiger charge is 2.16. The third-order valence-electron chi connectivity index (χ3n) is 5.60. The van der Waals surface area contributed by atoms with Crippen LogP contribution in [0.2, 0.25) is 5.02 Å². The lowest BCUT2D eigenvalue weighted by Gasteiger charge is -2.15. The number of nitrogens with one attached hydrogen (secondary N) is 3. The number of aryl methyl sites for hydroxylation is 1. The number of carbonyl (C=O) groups excluding carboxylic acids is 1. The first-order valence-electron chi connectivity index (χ1n) is 11.9. The molecule has 1 unspecified atom stereocenters. The van der Waals surface area contributed by atoms with Gasteiger partial charge in [-0.1, -0.05) is 56.6 Å². The van der Waals surface area contributed by atoms with Crippen molar-refractivity contribution in [1.29, 1.82) is 0 Å². The summed E-state index contributed by atoms with van der Waals surface area (Å²) in [7, 11) is 3.85. The molecular weight excluding hydrogens is 460 g/mol. The summed E-state index contributed by atoms with van der Waals surface area (Å²) in [5, 5.41) is 10.8. The third kappa shape index (κ3) is 6.18. The molecule has 0 bridgehead atoms. The second-order valence-electron chi connectivity index (χ2n) is 7.92. The molecule has 4 aromatic rings. The number of benzene rings is 2. The SMILES string of the molecule is CC.CCC(CNC)C(=O)Nc1cccc(Nc2ncc(Cl)c(-c3cn(C)c4ccccc34)n2)c1. The fourth-order valence-electron chi connectivity index (χ4n) is 3.86. The van der Waals surface area contributed by atoms with Gasteiger partial charge in [-0.15, -0.1) is 0 Å². The topological polar surface area (TPSA) is 83.9 Å². The normalized spacial score (nSPS) is 11.5. The van der Waals surface area contributed by atoms with Crippen LogP contribution in [0, 0.1) is 5.92 Å². The Morgan fingerprint density at radius 2 is 1.86 bits per heavy atom. The molecular formula is C27H33ClN6O. The highest BCUT2D eigenvalue weighted by Crippen LogP contribution is 2.34. The van der Waals surface area contributed by atoms with Crippen molar-refractivity contribution in [3.05, 3.63) is 65.9 Å². The zero-order valence-electron chi connectivity index (χ0n) is 20.9. The van der Waals surface area contributed by atoms with E-state index in [0.29, 0.717) is 28.9 Å². The summed E-state index contributed by atoms with van der Waals surface area (Å²) in [4.78, 5) is 21.6. The van der Waals surface area contributed by atoms with Gasteiger partial charge in [0.25, 0.3) is 0 Å². The molecule has 0 fully saturated rings. The van der Waals surface area contributed by atoms with E-state index in [1.165, 1.54) is 0 Å². The molecule has 0 aliphatic carbocycles. The maximum Gasteiger partial charge on any atom is 0.228 e. The van der Waals surface area contributed by atoms with Gasteiger partial charge >= 0.3 is 0 Å². The molecule has 0 spiro atoms. The minimum Gasteiger partial charge on any atom is -0.350 e. The number of para-hydroxylation sites is 1. The predicted molar refractivity (Wildman–Crippen MR) is 146 cm³/mol. The summed E-state index contributed by atoms with van der Waals surface area (Å²) in [5.74, 6) is 0.326. The maximum absolute atomic E-state index is 12.5. The molecule has 2 heterocycles. The van der Waals surface area contributed by atoms with Crippen LogP contribution in [0.5, 0.6) is 0 Å². The van der Waals surface area contributed by atoms with Gasteiger partial charge in [0, 0.05) is 47.6 Å². The van der Waals surface area contributed by atoms with E-state index in [0.717, 1.165) is 28.6 Å². The first-order valence-corrected chi connectivity index (χ1v) is 12.3. The van der Waals surface area contributed by atoms with Gasteiger partial charge in [-0.25, -0.2) is 9.97 Å². The number of hydrogen-bond donors (Lipinski definition) is 3. The van der Waals surface area contributed by atoms with Crippen molar-refractivity contribution in [3.8, 4) is 11.3 Å². The molecule has 0 radical (unpaired) electrons. The summed E-state index contributed by atoms with van der Waals surface area (Å²) in [6, 6.07) is 15.6. The Balaban J connectivity index is 0.00000167. The van der Waals surface area contributed by atoms with E-state index in [-0.39, 0.29) is 11.8 Å². The van der Waals surface area contributed by atoms with E-state index in [1.54, 1.807) is 6.20 Å². The van der Waals surface area contributed by atoms with E-state index in [9.17, 15) is 4.79 Å². The van der Waals surface area contributed by atoms with Gasteiger partial charge in [0.05, 0.1) is 22.8 Å². The third-order valence-corrected chi connectivity index (χ3v) is 5.87. The second-order valence-corrected chi connectivity index (χ2v) is 8.33. The van der Waals surface area contributed by atoms with Crippen LogP contribution >= 0.6 is 11.6 Å². The fourth-order valence-corrected chi connectivity index (χ4v) is 4.06. The summed E-state index contributed by atoms with van der Waals surface area (Å²) in [6.45, 7) is 6.64. The van der Waals surface area contributed by atoms with E-state index in [1.807, 2.05) is 77.5 Å². The second kappa shape index (κ2) is 12.3. The smallest absolute Gasteiger partial charge is 0.228 e. The van der Waals surface area contributed by atoms with Crippen LogP contribution in [0.25, 0.3) is 22.2 Å². The van der Waals surface area contributed by atoms with Crippen LogP contribution in [0.4, 0.5) is 17.3 Å². The summed E-state index contributed by atoms with van der Waals surface area (Å²) in [6.07, 6.45) is 4.39. The molecule has 35 heavy (non-hydrogen) atoms. The van der Waals surface area contributed by atoms with Crippen LogP contribution in [0.3, 0.4) is 0 Å². The summed E-state index contributed by atoms with van der Waals surface area (Å²) in [5.41, 5.74) is 4.18. The summed E-state index contributed by atoms with van der Waals surface area (Å²) >= 11 is 6.48. The van der Waals surface area contributed by atoms with Gasteiger partial charge in [0.1, 0.15) is 0 Å². The largest absolute Gasteiger partial charge is 0.350 e. The van der Waals surface area contributed by atoms with Crippen molar-refractivity contribution >= 4 is 45.7 Å². The molecule has 184 valence electrons. The molecule has 7 nitrogen and oxygen atoms in total. The van der Waals surface area contributed by atoms with Crippen LogP contribution < -0.4 is 16.0 Å². The standard InChI is InChI=1S/C25H27ClN6O.C2H6/c1-4-16(13-27-2)24(33)29-17-8-7-9-18(12-17)30-25-28-14-21(26)23(31-25)20-15-32(3)22-11-6-5-10-19(20)22;1-2/h5-12,14-16,27H,4,13H2,1-3H3,(H,29,33)(H,28,30,31);1-2H3. The number of nitrogens with zero attached hydrogens (tertiary/aromatic N) is 3. The van der Waals surface area contributed by atoms with Crippen molar-refractivity contribution in [1.82, 2.24) is 19.9 Å². The van der Waals surface area contributed by atoms with Gasteiger partial charge < -0.3 is 20.5 Å². The molecule has 0 saturated heterocycles. The molecule has 2 aromatic heterocycles. The van der Waals surface area contributed by atoms with Crippen molar-refractivity contribution in [3.63, 3.8) is 0 Å². The minimum absolute atomic E-state index is 0.00927. The zero-order valence-corrected chi connectivity index (χ0v) is 21.6. The Labute approximate surface area is 211 Å². The van der Waals surface area contributed by atoms with Crippen molar-refractivity contribution in [2.45, 2.75) is 27.2 Å². The zero-order chi connectivity index (χ0) is 25.4. The van der Waals surface area contributed by atoms with Gasteiger partial charge in [0.15, 0.2) is 0 Å². The molecule has 0 aliphatic rings. The fraction of sp³-hybridized carbons (Fsp3) is 0.296. The van der Waals surface area contributed by atoms with Crippen LogP contribution in [-0.2, 0) is 11.8 Å². The lowest BCUT2D eigenvalue weighted by molar-refractivity contribution is -0.119. The Morgan fingerprint density at radius 3 is 2.60 bits per heavy atom. The maximum atomic E-state index is 12.5. The molecule has 1 amide bonds. The van der Waals surface area contributed by atoms with Gasteiger partial charge in [-0.2, -0.15) is 0 Å². The number of fused-ring (bicyclic) bond motifs is 1. The number of halogens is 1. The molecule has 2 aromatic carbocycles. The van der Waals surface area contributed by atoms with Crippen molar-refractivity contribution in [2.24, 2.45) is 13.0 Å². The van der Waals surface area contributed by atoms with E-state index in [4.69, 9.17) is 16.6 Å².